The van der Waals surface area contributed by atoms with E-state index in [0.717, 1.165) is 5.56 Å². The molecule has 0 bridgehead atoms. The Kier molecular flexibility index (Phi) is 4.50. The minimum absolute atomic E-state index is 0.0429. The normalized spacial score (nSPS) is 18.2. The van der Waals surface area contributed by atoms with Gasteiger partial charge in [0.2, 0.25) is 11.8 Å². The lowest BCUT2D eigenvalue weighted by molar-refractivity contribution is -0.129. The van der Waals surface area contributed by atoms with Gasteiger partial charge in [-0.1, -0.05) is 6.07 Å². The van der Waals surface area contributed by atoms with Crippen molar-refractivity contribution < 1.29 is 14.3 Å². The van der Waals surface area contributed by atoms with Crippen LogP contribution in [0, 0.1) is 12.8 Å². The number of aryl methyl sites for hydroxylation is 1. The first-order valence-electron chi connectivity index (χ1n) is 7.17. The number of anilines is 1. The summed E-state index contributed by atoms with van der Waals surface area (Å²) in [6.45, 7) is 6.36. The molecule has 0 unspecified atom stereocenters. The lowest BCUT2D eigenvalue weighted by atomic mass is 10.1. The lowest BCUT2D eigenvalue weighted by Crippen LogP contribution is -2.33. The average Bonchev–Trinajstić information content (AvgIpc) is 2.81. The zero-order valence-corrected chi connectivity index (χ0v) is 13.0. The number of nitrogens with one attached hydrogen (secondary N) is 1. The Bertz CT molecular complexity index is 554. The maximum absolute atomic E-state index is 12.4. The van der Waals surface area contributed by atoms with Crippen LogP contribution in [0.3, 0.4) is 0 Å². The lowest BCUT2D eigenvalue weighted by Gasteiger charge is -2.20. The molecule has 0 aromatic heterocycles. The first-order valence-corrected chi connectivity index (χ1v) is 7.17. The van der Waals surface area contributed by atoms with E-state index >= 15 is 0 Å². The second kappa shape index (κ2) is 6.16. The van der Waals surface area contributed by atoms with Crippen molar-refractivity contribution in [1.29, 1.82) is 0 Å². The van der Waals surface area contributed by atoms with Crippen molar-refractivity contribution in [3.63, 3.8) is 0 Å². The second-order valence-electron chi connectivity index (χ2n) is 5.73. The molecule has 0 radical (unpaired) electrons. The summed E-state index contributed by atoms with van der Waals surface area (Å²) in [7, 11) is 1.57. The summed E-state index contributed by atoms with van der Waals surface area (Å²) >= 11 is 0. The Hall–Kier alpha value is -2.04. The fraction of sp³-hybridized carbons (Fsp3) is 0.500. The van der Waals surface area contributed by atoms with E-state index in [9.17, 15) is 9.59 Å². The molecule has 2 amide bonds. The van der Waals surface area contributed by atoms with E-state index in [1.54, 1.807) is 12.0 Å². The minimum Gasteiger partial charge on any atom is -0.495 e. The summed E-state index contributed by atoms with van der Waals surface area (Å²) in [5, 5.41) is 2.88. The molecule has 1 saturated heterocycles. The van der Waals surface area contributed by atoms with Gasteiger partial charge in [-0.2, -0.15) is 0 Å². The third-order valence-corrected chi connectivity index (χ3v) is 3.77. The van der Waals surface area contributed by atoms with Gasteiger partial charge in [-0.25, -0.2) is 0 Å². The van der Waals surface area contributed by atoms with Gasteiger partial charge >= 0.3 is 0 Å². The van der Waals surface area contributed by atoms with Crippen LogP contribution in [0.25, 0.3) is 0 Å². The van der Waals surface area contributed by atoms with Crippen molar-refractivity contribution in [3.05, 3.63) is 23.8 Å². The van der Waals surface area contributed by atoms with Crippen LogP contribution in [-0.4, -0.2) is 36.4 Å². The van der Waals surface area contributed by atoms with Gasteiger partial charge in [0.05, 0.1) is 18.7 Å². The summed E-state index contributed by atoms with van der Waals surface area (Å²) in [6.07, 6.45) is 0.276. The third kappa shape index (κ3) is 3.35. The van der Waals surface area contributed by atoms with Gasteiger partial charge in [0.25, 0.3) is 0 Å². The number of rotatable bonds is 4. The average molecular weight is 290 g/mol. The van der Waals surface area contributed by atoms with E-state index in [4.69, 9.17) is 4.74 Å². The molecule has 114 valence electrons. The smallest absolute Gasteiger partial charge is 0.229 e. The molecule has 1 aromatic carbocycles. The molecule has 0 aliphatic carbocycles. The molecule has 0 spiro atoms. The number of carbonyl (C=O) groups is 2. The summed E-state index contributed by atoms with van der Waals surface area (Å²) in [4.78, 5) is 26.0. The van der Waals surface area contributed by atoms with Gasteiger partial charge in [0.15, 0.2) is 0 Å². The number of benzene rings is 1. The molecule has 21 heavy (non-hydrogen) atoms. The third-order valence-electron chi connectivity index (χ3n) is 3.77. The number of hydrogen-bond donors (Lipinski definition) is 1. The molecule has 1 atom stereocenters. The molecule has 1 aliphatic rings. The Morgan fingerprint density at radius 3 is 2.71 bits per heavy atom. The molecule has 1 fully saturated rings. The summed E-state index contributed by atoms with van der Waals surface area (Å²) < 4.78 is 5.25. The predicted octanol–water partition coefficient (Wildman–Crippen LogP) is 2.20. The quantitative estimate of drug-likeness (QED) is 0.925. The predicted molar refractivity (Wildman–Crippen MR) is 81.3 cm³/mol. The van der Waals surface area contributed by atoms with E-state index in [2.05, 4.69) is 5.32 Å². The highest BCUT2D eigenvalue weighted by Gasteiger charge is 2.35. The van der Waals surface area contributed by atoms with Crippen LogP contribution in [0.2, 0.25) is 0 Å². The number of amides is 2. The van der Waals surface area contributed by atoms with E-state index in [1.807, 2.05) is 39.0 Å². The standard InChI is InChI=1S/C16H22N2O3/c1-10(2)18-9-12(8-15(18)19)16(20)17-13-7-11(3)5-6-14(13)21-4/h5-7,10,12H,8-9H2,1-4H3,(H,17,20)/t12-/m1/s1. The van der Waals surface area contributed by atoms with Gasteiger partial charge in [0.1, 0.15) is 5.75 Å². The fourth-order valence-electron chi connectivity index (χ4n) is 2.56. The second-order valence-corrected chi connectivity index (χ2v) is 5.73. The van der Waals surface area contributed by atoms with Gasteiger partial charge in [-0.15, -0.1) is 0 Å². The Balaban J connectivity index is 2.09. The van der Waals surface area contributed by atoms with E-state index < -0.39 is 0 Å². The van der Waals surface area contributed by atoms with Crippen molar-refractivity contribution >= 4 is 17.5 Å². The number of carbonyl (C=O) groups excluding carboxylic acids is 2. The number of methoxy groups -OCH3 is 1. The molecular formula is C16H22N2O3. The molecule has 1 aliphatic heterocycles. The SMILES string of the molecule is COc1ccc(C)cc1NC(=O)[C@@H]1CC(=O)N(C(C)C)C1. The van der Waals surface area contributed by atoms with E-state index in [0.29, 0.717) is 18.0 Å². The zero-order chi connectivity index (χ0) is 15.6. The maximum Gasteiger partial charge on any atom is 0.229 e. The largest absolute Gasteiger partial charge is 0.495 e. The maximum atomic E-state index is 12.4. The van der Waals surface area contributed by atoms with E-state index in [-0.39, 0.29) is 30.2 Å². The Labute approximate surface area is 125 Å². The topological polar surface area (TPSA) is 58.6 Å². The fourth-order valence-corrected chi connectivity index (χ4v) is 2.56. The van der Waals surface area contributed by atoms with Crippen LogP contribution in [0.5, 0.6) is 5.75 Å². The van der Waals surface area contributed by atoms with Crippen molar-refractivity contribution in [2.45, 2.75) is 33.2 Å². The number of hydrogen-bond acceptors (Lipinski definition) is 3. The van der Waals surface area contributed by atoms with Gasteiger partial charge in [-0.3, -0.25) is 9.59 Å². The summed E-state index contributed by atoms with van der Waals surface area (Å²) in [6, 6.07) is 5.75. The van der Waals surface area contributed by atoms with E-state index in [1.165, 1.54) is 0 Å². The molecule has 2 rings (SSSR count). The molecule has 0 saturated carbocycles. The molecule has 5 nitrogen and oxygen atoms in total. The highest BCUT2D eigenvalue weighted by Crippen LogP contribution is 2.27. The summed E-state index contributed by atoms with van der Waals surface area (Å²) in [5.41, 5.74) is 1.69. The molecule has 5 heteroatoms. The van der Waals surface area contributed by atoms with Gasteiger partial charge in [-0.05, 0) is 38.5 Å². The highest BCUT2D eigenvalue weighted by molar-refractivity contribution is 5.98. The first-order chi connectivity index (χ1) is 9.92. The van der Waals surface area contributed by atoms with Crippen LogP contribution >= 0.6 is 0 Å². The molecular weight excluding hydrogens is 268 g/mol. The molecule has 1 N–H and O–H groups in total. The van der Waals surface area contributed by atoms with Crippen LogP contribution in [0.15, 0.2) is 18.2 Å². The van der Waals surface area contributed by atoms with Gasteiger partial charge < -0.3 is 15.0 Å². The Morgan fingerprint density at radius 2 is 2.14 bits per heavy atom. The number of nitrogens with zero attached hydrogens (tertiary/aromatic N) is 1. The van der Waals surface area contributed by atoms with Crippen LogP contribution in [-0.2, 0) is 9.59 Å². The van der Waals surface area contributed by atoms with Gasteiger partial charge in [0, 0.05) is 19.0 Å². The summed E-state index contributed by atoms with van der Waals surface area (Å²) in [5.74, 6) is 0.237. The number of likely N-dealkylation sites (tertiary alicyclic amines) is 1. The van der Waals surface area contributed by atoms with Crippen molar-refractivity contribution in [3.8, 4) is 5.75 Å². The number of ether oxygens (including phenoxy) is 1. The highest BCUT2D eigenvalue weighted by atomic mass is 16.5. The zero-order valence-electron chi connectivity index (χ0n) is 13.0. The van der Waals surface area contributed by atoms with Crippen molar-refractivity contribution in [1.82, 2.24) is 4.90 Å². The van der Waals surface area contributed by atoms with Crippen LogP contribution in [0.4, 0.5) is 5.69 Å². The Morgan fingerprint density at radius 1 is 1.43 bits per heavy atom. The minimum atomic E-state index is -0.301. The van der Waals surface area contributed by atoms with Crippen LogP contribution < -0.4 is 10.1 Å². The van der Waals surface area contributed by atoms with Crippen molar-refractivity contribution in [2.75, 3.05) is 19.0 Å². The molecule has 1 heterocycles. The van der Waals surface area contributed by atoms with Crippen molar-refractivity contribution in [2.24, 2.45) is 5.92 Å². The molecule has 1 aromatic rings. The first kappa shape index (κ1) is 15.4. The van der Waals surface area contributed by atoms with Crippen LogP contribution in [0.1, 0.15) is 25.8 Å². The monoisotopic (exact) mass is 290 g/mol.